The van der Waals surface area contributed by atoms with Crippen LogP contribution in [-0.2, 0) is 30.2 Å². The molecule has 1 N–H and O–H groups in total. The van der Waals surface area contributed by atoms with Gasteiger partial charge in [-0.3, -0.25) is 0 Å². The van der Waals surface area contributed by atoms with Crippen LogP contribution in [0.3, 0.4) is 0 Å². The Morgan fingerprint density at radius 3 is 1.75 bits per heavy atom. The van der Waals surface area contributed by atoms with Gasteiger partial charge in [0.05, 0.1) is 46.2 Å². The van der Waals surface area contributed by atoms with Crippen LogP contribution in [0.25, 0.3) is 0 Å². The lowest BCUT2D eigenvalue weighted by Gasteiger charge is -2.09. The molecule has 0 bridgehead atoms. The minimum Gasteiger partial charge on any atom is -0.491 e. The molecule has 1 aromatic rings. The van der Waals surface area contributed by atoms with Crippen molar-refractivity contribution < 1.29 is 33.6 Å². The number of benzene rings is 1. The monoisotopic (exact) mass is 454 g/mol. The third-order valence-corrected chi connectivity index (χ3v) is 4.83. The van der Waals surface area contributed by atoms with E-state index in [-0.39, 0.29) is 13.2 Å². The van der Waals surface area contributed by atoms with Crippen LogP contribution in [0.15, 0.2) is 24.3 Å². The molecule has 0 atom stereocenters. The van der Waals surface area contributed by atoms with Gasteiger partial charge in [0.15, 0.2) is 0 Å². The van der Waals surface area contributed by atoms with E-state index >= 15 is 0 Å². The molecule has 0 radical (unpaired) electrons. The zero-order valence-corrected chi connectivity index (χ0v) is 19.7. The molecular weight excluding hydrogens is 412 g/mol. The van der Waals surface area contributed by atoms with Gasteiger partial charge in [-0.05, 0) is 30.5 Å². The zero-order chi connectivity index (χ0) is 23.1. The Kier molecular flexibility index (Phi) is 18.8. The van der Waals surface area contributed by atoms with Crippen molar-refractivity contribution in [3.63, 3.8) is 0 Å². The first-order chi connectivity index (χ1) is 15.7. The lowest BCUT2D eigenvalue weighted by atomic mass is 10.0. The molecule has 0 saturated carbocycles. The predicted octanol–water partition coefficient (Wildman–Crippen LogP) is 4.51. The van der Waals surface area contributed by atoms with Gasteiger partial charge in [-0.15, -0.1) is 0 Å². The second kappa shape index (κ2) is 21.2. The van der Waals surface area contributed by atoms with Crippen LogP contribution in [-0.4, -0.2) is 70.5 Å². The molecule has 1 rings (SSSR count). The molecule has 0 aliphatic carbocycles. The minimum atomic E-state index is -0.981. The molecule has 0 unspecified atom stereocenters. The average molecular weight is 455 g/mol. The molecule has 184 valence electrons. The number of aliphatic carboxylic acids is 1. The van der Waals surface area contributed by atoms with Crippen LogP contribution in [0.2, 0.25) is 0 Å². The highest BCUT2D eigenvalue weighted by atomic mass is 16.6. The molecule has 0 fully saturated rings. The van der Waals surface area contributed by atoms with Gasteiger partial charge in [-0.2, -0.15) is 0 Å². The fraction of sp³-hybridized carbons (Fsp3) is 0.720. The normalized spacial score (nSPS) is 11.0. The standard InChI is InChI=1S/C25H42O7/c1-2-3-4-5-6-7-8-9-23-10-12-24(13-11-23)32-21-20-30-17-16-28-14-15-29-18-19-31-22-25(26)27/h10-13H,2-9,14-22H2,1H3,(H,26,27). The van der Waals surface area contributed by atoms with Crippen LogP contribution in [0.5, 0.6) is 5.75 Å². The Hall–Kier alpha value is -1.67. The van der Waals surface area contributed by atoms with Crippen molar-refractivity contribution in [1.82, 2.24) is 0 Å². The highest BCUT2D eigenvalue weighted by Gasteiger charge is 1.99. The van der Waals surface area contributed by atoms with Gasteiger partial charge in [0.25, 0.3) is 0 Å². The van der Waals surface area contributed by atoms with E-state index in [1.807, 2.05) is 12.1 Å². The summed E-state index contributed by atoms with van der Waals surface area (Å²) in [6.45, 7) is 5.49. The van der Waals surface area contributed by atoms with E-state index in [1.165, 1.54) is 50.5 Å². The van der Waals surface area contributed by atoms with E-state index in [2.05, 4.69) is 19.1 Å². The molecular formula is C25H42O7. The topological polar surface area (TPSA) is 83.5 Å². The van der Waals surface area contributed by atoms with Crippen LogP contribution >= 0.6 is 0 Å². The maximum atomic E-state index is 10.2. The maximum absolute atomic E-state index is 10.2. The number of hydrogen-bond acceptors (Lipinski definition) is 6. The summed E-state index contributed by atoms with van der Waals surface area (Å²) in [5, 5.41) is 8.41. The molecule has 7 nitrogen and oxygen atoms in total. The Morgan fingerprint density at radius 1 is 0.688 bits per heavy atom. The molecule has 1 aromatic carbocycles. The molecule has 0 aliphatic rings. The number of ether oxygens (including phenoxy) is 5. The van der Waals surface area contributed by atoms with Crippen LogP contribution in [0.1, 0.15) is 57.4 Å². The van der Waals surface area contributed by atoms with Gasteiger partial charge in [0, 0.05) is 0 Å². The summed E-state index contributed by atoms with van der Waals surface area (Å²) in [5.74, 6) is -0.108. The van der Waals surface area contributed by atoms with Crippen molar-refractivity contribution in [1.29, 1.82) is 0 Å². The molecule has 0 heterocycles. The second-order valence-electron chi connectivity index (χ2n) is 7.65. The SMILES string of the molecule is CCCCCCCCCc1ccc(OCCOCCOCCOCCOCC(=O)O)cc1. The molecule has 32 heavy (non-hydrogen) atoms. The summed E-state index contributed by atoms with van der Waals surface area (Å²) in [5.41, 5.74) is 1.37. The number of carboxylic acids is 1. The summed E-state index contributed by atoms with van der Waals surface area (Å²) in [6.07, 6.45) is 10.5. The van der Waals surface area contributed by atoms with E-state index in [4.69, 9.17) is 28.8 Å². The van der Waals surface area contributed by atoms with E-state index in [9.17, 15) is 4.79 Å². The van der Waals surface area contributed by atoms with Crippen molar-refractivity contribution >= 4 is 5.97 Å². The third-order valence-electron chi connectivity index (χ3n) is 4.83. The quantitative estimate of drug-likeness (QED) is 0.244. The molecule has 0 spiro atoms. The van der Waals surface area contributed by atoms with Gasteiger partial charge in [0.2, 0.25) is 0 Å². The number of hydrogen-bond donors (Lipinski definition) is 1. The Morgan fingerprint density at radius 2 is 1.19 bits per heavy atom. The summed E-state index contributed by atoms with van der Waals surface area (Å²) in [6, 6.07) is 8.38. The van der Waals surface area contributed by atoms with Crippen molar-refractivity contribution in [3.8, 4) is 5.75 Å². The first kappa shape index (κ1) is 28.4. The Bertz CT molecular complexity index is 548. The first-order valence-electron chi connectivity index (χ1n) is 12.0. The van der Waals surface area contributed by atoms with Crippen molar-refractivity contribution in [2.75, 3.05) is 59.5 Å². The van der Waals surface area contributed by atoms with E-state index in [0.29, 0.717) is 46.2 Å². The smallest absolute Gasteiger partial charge is 0.329 e. The number of carbonyl (C=O) groups is 1. The number of aryl methyl sites for hydroxylation is 1. The van der Waals surface area contributed by atoms with Crippen molar-refractivity contribution in [3.05, 3.63) is 29.8 Å². The summed E-state index contributed by atoms with van der Waals surface area (Å²) < 4.78 is 26.7. The summed E-state index contributed by atoms with van der Waals surface area (Å²) in [7, 11) is 0. The molecule has 0 aliphatic heterocycles. The molecule has 0 aromatic heterocycles. The number of rotatable bonds is 23. The Balaban J connectivity index is 1.87. The van der Waals surface area contributed by atoms with Gasteiger partial charge >= 0.3 is 5.97 Å². The minimum absolute atomic E-state index is 0.261. The van der Waals surface area contributed by atoms with Gasteiger partial charge in [-0.1, -0.05) is 57.6 Å². The number of unbranched alkanes of at least 4 members (excludes halogenated alkanes) is 6. The van der Waals surface area contributed by atoms with Crippen LogP contribution in [0, 0.1) is 0 Å². The Labute approximate surface area is 193 Å². The van der Waals surface area contributed by atoms with E-state index < -0.39 is 5.97 Å². The zero-order valence-electron chi connectivity index (χ0n) is 19.7. The van der Waals surface area contributed by atoms with Crippen LogP contribution in [0.4, 0.5) is 0 Å². The highest BCUT2D eigenvalue weighted by Crippen LogP contribution is 2.15. The predicted molar refractivity (Wildman–Crippen MR) is 125 cm³/mol. The summed E-state index contributed by atoms with van der Waals surface area (Å²) in [4.78, 5) is 10.2. The largest absolute Gasteiger partial charge is 0.491 e. The van der Waals surface area contributed by atoms with Crippen molar-refractivity contribution in [2.24, 2.45) is 0 Å². The molecule has 7 heteroatoms. The molecule has 0 amide bonds. The lowest BCUT2D eigenvalue weighted by Crippen LogP contribution is -2.15. The maximum Gasteiger partial charge on any atom is 0.329 e. The molecule has 0 saturated heterocycles. The van der Waals surface area contributed by atoms with E-state index in [0.717, 1.165) is 12.2 Å². The van der Waals surface area contributed by atoms with Gasteiger partial charge in [-0.25, -0.2) is 4.79 Å². The lowest BCUT2D eigenvalue weighted by molar-refractivity contribution is -0.142. The fourth-order valence-corrected chi connectivity index (χ4v) is 3.08. The fourth-order valence-electron chi connectivity index (χ4n) is 3.08. The van der Waals surface area contributed by atoms with Gasteiger partial charge in [0.1, 0.15) is 19.0 Å². The third kappa shape index (κ3) is 18.0. The van der Waals surface area contributed by atoms with E-state index in [1.54, 1.807) is 0 Å². The van der Waals surface area contributed by atoms with Crippen LogP contribution < -0.4 is 4.74 Å². The van der Waals surface area contributed by atoms with Gasteiger partial charge < -0.3 is 28.8 Å². The highest BCUT2D eigenvalue weighted by molar-refractivity contribution is 5.67. The first-order valence-corrected chi connectivity index (χ1v) is 12.0. The average Bonchev–Trinajstić information content (AvgIpc) is 2.79. The summed E-state index contributed by atoms with van der Waals surface area (Å²) >= 11 is 0. The second-order valence-corrected chi connectivity index (χ2v) is 7.65. The van der Waals surface area contributed by atoms with Crippen molar-refractivity contribution in [2.45, 2.75) is 58.3 Å². The number of carboxylic acid groups (broad SMARTS) is 1.